The molecule has 126 valence electrons. The van der Waals surface area contributed by atoms with Gasteiger partial charge in [0.05, 0.1) is 0 Å². The molecule has 0 aromatic heterocycles. The zero-order valence-electron chi connectivity index (χ0n) is 15.2. The normalized spacial score (nSPS) is 12.5. The second kappa shape index (κ2) is 9.24. The van der Waals surface area contributed by atoms with E-state index in [1.807, 2.05) is 0 Å². The first-order chi connectivity index (χ1) is 11.6. The lowest BCUT2D eigenvalue weighted by Gasteiger charge is -2.36. The van der Waals surface area contributed by atoms with Gasteiger partial charge in [0.1, 0.15) is 0 Å². The lowest BCUT2D eigenvalue weighted by molar-refractivity contribution is 0.148. The molecule has 0 atom stereocenters. The Morgan fingerprint density at radius 2 is 1.17 bits per heavy atom. The Labute approximate surface area is 147 Å². The van der Waals surface area contributed by atoms with Crippen LogP contribution in [0.3, 0.4) is 0 Å². The van der Waals surface area contributed by atoms with Gasteiger partial charge in [0.2, 0.25) is 0 Å². The summed E-state index contributed by atoms with van der Waals surface area (Å²) >= 11 is 0. The first-order valence-electron chi connectivity index (χ1n) is 8.80. The number of hydrogen-bond acceptors (Lipinski definition) is 1. The van der Waals surface area contributed by atoms with Gasteiger partial charge in [0, 0.05) is 18.6 Å². The maximum Gasteiger partial charge on any atom is 0.0175 e. The quantitative estimate of drug-likeness (QED) is 0.585. The highest BCUT2D eigenvalue weighted by molar-refractivity contribution is 5.49. The number of nitrogens with zero attached hydrogens (tertiary/aromatic N) is 1. The fraction of sp³-hybridized carbons (Fsp3) is 0.304. The zero-order chi connectivity index (χ0) is 17.3. The molecule has 1 heteroatoms. The van der Waals surface area contributed by atoms with E-state index in [1.54, 1.807) is 0 Å². The third kappa shape index (κ3) is 5.82. The molecule has 0 amide bonds. The molecular formula is C23H29N. The van der Waals surface area contributed by atoms with Crippen molar-refractivity contribution >= 4 is 12.2 Å². The molecule has 0 fully saturated rings. The number of benzene rings is 2. The Hall–Kier alpha value is -2.12. The molecule has 0 unspecified atom stereocenters. The lowest BCUT2D eigenvalue weighted by Crippen LogP contribution is -2.43. The summed E-state index contributed by atoms with van der Waals surface area (Å²) in [4.78, 5) is 2.52. The summed E-state index contributed by atoms with van der Waals surface area (Å²) < 4.78 is 0. The minimum absolute atomic E-state index is 0.183. The Kier molecular flexibility index (Phi) is 7.02. The predicted molar refractivity (Wildman–Crippen MR) is 107 cm³/mol. The topological polar surface area (TPSA) is 3.24 Å². The van der Waals surface area contributed by atoms with Crippen LogP contribution in [0.2, 0.25) is 0 Å². The van der Waals surface area contributed by atoms with Crippen LogP contribution in [0.25, 0.3) is 12.2 Å². The molecule has 0 heterocycles. The van der Waals surface area contributed by atoms with Crippen LogP contribution in [0.4, 0.5) is 0 Å². The maximum atomic E-state index is 2.52. The molecule has 2 rings (SSSR count). The van der Waals surface area contributed by atoms with E-state index in [0.29, 0.717) is 0 Å². The standard InChI is InChI=1S/C23H29N/c1-4-23(2,3)24(19-11-17-21-13-7-5-8-14-21)20-12-18-22-15-9-6-10-16-22/h5-18H,4,19-20H2,1-3H3. The van der Waals surface area contributed by atoms with Gasteiger partial charge in [-0.25, -0.2) is 0 Å². The molecule has 0 aliphatic carbocycles. The molecule has 0 N–H and O–H groups in total. The van der Waals surface area contributed by atoms with Crippen molar-refractivity contribution in [1.82, 2.24) is 4.90 Å². The summed E-state index contributed by atoms with van der Waals surface area (Å²) in [7, 11) is 0. The first kappa shape index (κ1) is 18.2. The van der Waals surface area contributed by atoms with E-state index in [0.717, 1.165) is 19.5 Å². The Morgan fingerprint density at radius 3 is 1.54 bits per heavy atom. The van der Waals surface area contributed by atoms with Gasteiger partial charge in [-0.15, -0.1) is 0 Å². The van der Waals surface area contributed by atoms with Crippen molar-refractivity contribution in [2.75, 3.05) is 13.1 Å². The highest BCUT2D eigenvalue weighted by Gasteiger charge is 2.22. The van der Waals surface area contributed by atoms with E-state index in [1.165, 1.54) is 11.1 Å². The molecular weight excluding hydrogens is 290 g/mol. The number of rotatable bonds is 8. The average Bonchev–Trinajstić information content (AvgIpc) is 2.62. The van der Waals surface area contributed by atoms with Gasteiger partial charge in [-0.05, 0) is 31.4 Å². The van der Waals surface area contributed by atoms with E-state index < -0.39 is 0 Å². The number of hydrogen-bond donors (Lipinski definition) is 0. The fourth-order valence-electron chi connectivity index (χ4n) is 2.55. The first-order valence-corrected chi connectivity index (χ1v) is 8.80. The van der Waals surface area contributed by atoms with Crippen molar-refractivity contribution < 1.29 is 0 Å². The van der Waals surface area contributed by atoms with Gasteiger partial charge < -0.3 is 0 Å². The molecule has 0 saturated carbocycles. The van der Waals surface area contributed by atoms with E-state index in [-0.39, 0.29) is 5.54 Å². The molecule has 0 bridgehead atoms. The largest absolute Gasteiger partial charge is 0.291 e. The lowest BCUT2D eigenvalue weighted by atomic mass is 9.99. The average molecular weight is 319 g/mol. The molecule has 0 aliphatic heterocycles. The van der Waals surface area contributed by atoms with Gasteiger partial charge in [-0.1, -0.05) is 91.9 Å². The Bertz CT molecular complexity index is 587. The van der Waals surface area contributed by atoms with Gasteiger partial charge in [0.15, 0.2) is 0 Å². The second-order valence-electron chi connectivity index (χ2n) is 6.70. The summed E-state index contributed by atoms with van der Waals surface area (Å²) in [6, 6.07) is 21.0. The van der Waals surface area contributed by atoms with Gasteiger partial charge in [0.25, 0.3) is 0 Å². The molecule has 0 saturated heterocycles. The van der Waals surface area contributed by atoms with Crippen molar-refractivity contribution in [3.8, 4) is 0 Å². The second-order valence-corrected chi connectivity index (χ2v) is 6.70. The molecule has 2 aromatic carbocycles. The molecule has 2 aromatic rings. The monoisotopic (exact) mass is 319 g/mol. The van der Waals surface area contributed by atoms with Crippen LogP contribution in [0, 0.1) is 0 Å². The summed E-state index contributed by atoms with van der Waals surface area (Å²) in [5.41, 5.74) is 2.69. The van der Waals surface area contributed by atoms with E-state index in [2.05, 4.69) is 111 Å². The fourth-order valence-corrected chi connectivity index (χ4v) is 2.55. The smallest absolute Gasteiger partial charge is 0.0175 e. The van der Waals surface area contributed by atoms with Crippen LogP contribution >= 0.6 is 0 Å². The SMILES string of the molecule is CCC(C)(C)N(CC=Cc1ccccc1)CC=Cc1ccccc1. The van der Waals surface area contributed by atoms with E-state index in [9.17, 15) is 0 Å². The van der Waals surface area contributed by atoms with Gasteiger partial charge >= 0.3 is 0 Å². The minimum Gasteiger partial charge on any atom is -0.291 e. The summed E-state index contributed by atoms with van der Waals surface area (Å²) in [6.07, 6.45) is 10.1. The van der Waals surface area contributed by atoms with Crippen LogP contribution in [0.5, 0.6) is 0 Å². The third-order valence-electron chi connectivity index (χ3n) is 4.59. The van der Waals surface area contributed by atoms with Gasteiger partial charge in [-0.3, -0.25) is 4.90 Å². The van der Waals surface area contributed by atoms with Crippen LogP contribution in [-0.2, 0) is 0 Å². The molecule has 0 radical (unpaired) electrons. The summed E-state index contributed by atoms with van der Waals surface area (Å²) in [6.45, 7) is 8.80. The Balaban J connectivity index is 2.00. The summed E-state index contributed by atoms with van der Waals surface area (Å²) in [5.74, 6) is 0. The molecule has 0 spiro atoms. The van der Waals surface area contributed by atoms with Crippen LogP contribution in [0.15, 0.2) is 72.8 Å². The Morgan fingerprint density at radius 1 is 0.750 bits per heavy atom. The van der Waals surface area contributed by atoms with Crippen molar-refractivity contribution in [2.24, 2.45) is 0 Å². The van der Waals surface area contributed by atoms with Gasteiger partial charge in [-0.2, -0.15) is 0 Å². The molecule has 0 aliphatic rings. The zero-order valence-corrected chi connectivity index (χ0v) is 15.2. The third-order valence-corrected chi connectivity index (χ3v) is 4.59. The highest BCUT2D eigenvalue weighted by atomic mass is 15.2. The van der Waals surface area contributed by atoms with Crippen molar-refractivity contribution in [1.29, 1.82) is 0 Å². The van der Waals surface area contributed by atoms with E-state index in [4.69, 9.17) is 0 Å². The van der Waals surface area contributed by atoms with Crippen LogP contribution < -0.4 is 0 Å². The van der Waals surface area contributed by atoms with Crippen LogP contribution in [-0.4, -0.2) is 23.5 Å². The van der Waals surface area contributed by atoms with E-state index >= 15 is 0 Å². The molecule has 24 heavy (non-hydrogen) atoms. The van der Waals surface area contributed by atoms with Crippen molar-refractivity contribution in [3.63, 3.8) is 0 Å². The minimum atomic E-state index is 0.183. The highest BCUT2D eigenvalue weighted by Crippen LogP contribution is 2.19. The van der Waals surface area contributed by atoms with Crippen LogP contribution in [0.1, 0.15) is 38.3 Å². The molecule has 1 nitrogen and oxygen atoms in total. The predicted octanol–water partition coefficient (Wildman–Crippen LogP) is 5.90. The maximum absolute atomic E-state index is 2.52. The summed E-state index contributed by atoms with van der Waals surface area (Å²) in [5, 5.41) is 0. The van der Waals surface area contributed by atoms with Crippen molar-refractivity contribution in [2.45, 2.75) is 32.7 Å². The van der Waals surface area contributed by atoms with Crippen molar-refractivity contribution in [3.05, 3.63) is 83.9 Å².